The van der Waals surface area contributed by atoms with Gasteiger partial charge in [0.05, 0.1) is 11.6 Å². The van der Waals surface area contributed by atoms with E-state index in [9.17, 15) is 0 Å². The maximum absolute atomic E-state index is 4.53. The molecule has 4 rings (SSSR count). The summed E-state index contributed by atoms with van der Waals surface area (Å²) in [6.07, 6.45) is 5.71. The van der Waals surface area contributed by atoms with Crippen LogP contribution in [0.3, 0.4) is 0 Å². The Bertz CT molecular complexity index is 761. The standard InChI is InChI=1S/C22H34N6/c1-17-9-11-18(12-10-17)20(21-23-24-25-28(21)22(2,3)4)27-15-13-26(14-16-27)19-7-5-6-8-19/h9-12,19-20H,5-8,13-16H2,1-4H3/p+2/t20-/m0/s1. The van der Waals surface area contributed by atoms with E-state index in [0.29, 0.717) is 0 Å². The molecule has 0 bridgehead atoms. The number of hydrogen-bond acceptors (Lipinski definition) is 3. The first-order valence-electron chi connectivity index (χ1n) is 11.0. The van der Waals surface area contributed by atoms with Crippen LogP contribution in [0.5, 0.6) is 0 Å². The normalized spacial score (nSPS) is 25.1. The minimum Gasteiger partial charge on any atom is -0.323 e. The fourth-order valence-corrected chi connectivity index (χ4v) is 5.10. The van der Waals surface area contributed by atoms with Gasteiger partial charge in [0.15, 0.2) is 6.04 Å². The third kappa shape index (κ3) is 3.98. The first-order chi connectivity index (χ1) is 13.4. The summed E-state index contributed by atoms with van der Waals surface area (Å²) in [5.74, 6) is 0.996. The lowest BCUT2D eigenvalue weighted by Crippen LogP contribution is -3.29. The molecule has 0 spiro atoms. The monoisotopic (exact) mass is 384 g/mol. The van der Waals surface area contributed by atoms with Crippen molar-refractivity contribution >= 4 is 0 Å². The molecule has 28 heavy (non-hydrogen) atoms. The van der Waals surface area contributed by atoms with Gasteiger partial charge < -0.3 is 9.80 Å². The number of hydrogen-bond donors (Lipinski definition) is 2. The molecular weight excluding hydrogens is 348 g/mol. The van der Waals surface area contributed by atoms with Crippen LogP contribution in [0.2, 0.25) is 0 Å². The fraction of sp³-hybridized carbons (Fsp3) is 0.682. The van der Waals surface area contributed by atoms with Crippen molar-refractivity contribution in [1.82, 2.24) is 20.2 Å². The predicted molar refractivity (Wildman–Crippen MR) is 109 cm³/mol. The Balaban J connectivity index is 1.61. The molecule has 2 N–H and O–H groups in total. The van der Waals surface area contributed by atoms with E-state index in [1.165, 1.54) is 63.0 Å². The summed E-state index contributed by atoms with van der Waals surface area (Å²) >= 11 is 0. The molecule has 1 saturated heterocycles. The summed E-state index contributed by atoms with van der Waals surface area (Å²) in [5.41, 5.74) is 2.49. The van der Waals surface area contributed by atoms with Crippen molar-refractivity contribution in [2.24, 2.45) is 0 Å². The first-order valence-corrected chi connectivity index (χ1v) is 11.0. The number of nitrogens with zero attached hydrogens (tertiary/aromatic N) is 4. The molecule has 1 saturated carbocycles. The number of rotatable bonds is 4. The zero-order valence-corrected chi connectivity index (χ0v) is 17.9. The second-order valence-corrected chi connectivity index (χ2v) is 9.76. The number of tetrazole rings is 1. The quantitative estimate of drug-likeness (QED) is 0.810. The molecule has 1 aromatic carbocycles. The van der Waals surface area contributed by atoms with Crippen LogP contribution >= 0.6 is 0 Å². The smallest absolute Gasteiger partial charge is 0.214 e. The van der Waals surface area contributed by atoms with E-state index >= 15 is 0 Å². The van der Waals surface area contributed by atoms with Gasteiger partial charge in [-0.25, -0.2) is 4.68 Å². The molecule has 1 aliphatic carbocycles. The molecule has 6 nitrogen and oxygen atoms in total. The minimum atomic E-state index is -0.127. The molecule has 0 radical (unpaired) electrons. The predicted octanol–water partition coefficient (Wildman–Crippen LogP) is 0.552. The summed E-state index contributed by atoms with van der Waals surface area (Å²) in [7, 11) is 0. The topological polar surface area (TPSA) is 52.5 Å². The van der Waals surface area contributed by atoms with Crippen molar-refractivity contribution in [3.05, 3.63) is 41.2 Å². The third-order valence-electron chi connectivity index (χ3n) is 6.67. The Hall–Kier alpha value is -1.79. The highest BCUT2D eigenvalue weighted by molar-refractivity contribution is 5.26. The summed E-state index contributed by atoms with van der Waals surface area (Å²) in [5, 5.41) is 13.0. The number of aromatic nitrogens is 4. The SMILES string of the molecule is Cc1ccc([C@@H](c2nnnn2C(C)(C)C)[NH+]2CC[NH+](C3CCCC3)CC2)cc1. The van der Waals surface area contributed by atoms with Gasteiger partial charge >= 0.3 is 0 Å². The van der Waals surface area contributed by atoms with Crippen LogP contribution in [0.4, 0.5) is 0 Å². The van der Waals surface area contributed by atoms with Crippen LogP contribution in [0.25, 0.3) is 0 Å². The Kier molecular flexibility index (Phi) is 5.52. The molecule has 2 heterocycles. The zero-order valence-electron chi connectivity index (χ0n) is 17.9. The van der Waals surface area contributed by atoms with Crippen LogP contribution in [-0.4, -0.2) is 52.4 Å². The van der Waals surface area contributed by atoms with Crippen molar-refractivity contribution in [3.8, 4) is 0 Å². The number of benzene rings is 1. The van der Waals surface area contributed by atoms with Crippen LogP contribution in [-0.2, 0) is 5.54 Å². The van der Waals surface area contributed by atoms with Crippen LogP contribution in [0, 0.1) is 6.92 Å². The van der Waals surface area contributed by atoms with Crippen LogP contribution < -0.4 is 9.80 Å². The molecule has 2 aromatic rings. The van der Waals surface area contributed by atoms with Gasteiger partial charge in [-0.1, -0.05) is 29.8 Å². The average Bonchev–Trinajstić information content (AvgIpc) is 3.36. The van der Waals surface area contributed by atoms with Crippen molar-refractivity contribution in [2.45, 2.75) is 71.0 Å². The number of piperazine rings is 1. The molecule has 0 unspecified atom stereocenters. The summed E-state index contributed by atoms with van der Waals surface area (Å²) in [6.45, 7) is 13.6. The van der Waals surface area contributed by atoms with Crippen LogP contribution in [0.1, 0.15) is 69.4 Å². The molecule has 1 aromatic heterocycles. The van der Waals surface area contributed by atoms with Gasteiger partial charge in [0.25, 0.3) is 0 Å². The van der Waals surface area contributed by atoms with E-state index in [4.69, 9.17) is 0 Å². The zero-order chi connectivity index (χ0) is 19.7. The van der Waals surface area contributed by atoms with Gasteiger partial charge in [-0.15, -0.1) is 5.10 Å². The Morgan fingerprint density at radius 1 is 1.00 bits per heavy atom. The van der Waals surface area contributed by atoms with Crippen molar-refractivity contribution in [2.75, 3.05) is 26.2 Å². The first kappa shape index (κ1) is 19.5. The summed E-state index contributed by atoms with van der Waals surface area (Å²) in [6, 6.07) is 10.1. The van der Waals surface area contributed by atoms with Crippen molar-refractivity contribution < 1.29 is 9.80 Å². The molecule has 2 fully saturated rings. The Labute approximate surface area is 168 Å². The Morgan fingerprint density at radius 3 is 2.25 bits per heavy atom. The lowest BCUT2D eigenvalue weighted by atomic mass is 10.00. The highest BCUT2D eigenvalue weighted by Crippen LogP contribution is 2.22. The van der Waals surface area contributed by atoms with Crippen molar-refractivity contribution in [3.63, 3.8) is 0 Å². The third-order valence-corrected chi connectivity index (χ3v) is 6.67. The average molecular weight is 385 g/mol. The van der Waals surface area contributed by atoms with Gasteiger partial charge in [0.2, 0.25) is 5.82 Å². The molecule has 2 aliphatic rings. The molecule has 1 atom stereocenters. The molecule has 1 aliphatic heterocycles. The second kappa shape index (κ2) is 7.91. The minimum absolute atomic E-state index is 0.127. The fourth-order valence-electron chi connectivity index (χ4n) is 5.10. The largest absolute Gasteiger partial charge is 0.323 e. The van der Waals surface area contributed by atoms with Gasteiger partial charge in [0, 0.05) is 5.56 Å². The highest BCUT2D eigenvalue weighted by Gasteiger charge is 2.39. The summed E-state index contributed by atoms with van der Waals surface area (Å²) < 4.78 is 2.03. The van der Waals surface area contributed by atoms with Gasteiger partial charge in [-0.2, -0.15) is 0 Å². The van der Waals surface area contributed by atoms with Gasteiger partial charge in [0.1, 0.15) is 26.2 Å². The van der Waals surface area contributed by atoms with Gasteiger partial charge in [-0.3, -0.25) is 0 Å². The van der Waals surface area contributed by atoms with E-state index in [-0.39, 0.29) is 11.6 Å². The summed E-state index contributed by atoms with van der Waals surface area (Å²) in [4.78, 5) is 3.44. The Morgan fingerprint density at radius 2 is 1.64 bits per heavy atom. The second-order valence-electron chi connectivity index (χ2n) is 9.76. The molecule has 6 heteroatoms. The van der Waals surface area contributed by atoms with Crippen molar-refractivity contribution in [1.29, 1.82) is 0 Å². The molecular formula is C22H36N6+2. The van der Waals surface area contributed by atoms with E-state index in [1.807, 2.05) is 9.58 Å². The van der Waals surface area contributed by atoms with E-state index in [0.717, 1.165) is 11.9 Å². The van der Waals surface area contributed by atoms with E-state index in [2.05, 4.69) is 67.5 Å². The number of quaternary nitrogens is 2. The van der Waals surface area contributed by atoms with Crippen LogP contribution in [0.15, 0.2) is 24.3 Å². The number of aryl methyl sites for hydroxylation is 1. The molecule has 152 valence electrons. The lowest BCUT2D eigenvalue weighted by Gasteiger charge is -2.37. The van der Waals surface area contributed by atoms with E-state index in [1.54, 1.807) is 4.90 Å². The molecule has 0 amide bonds. The van der Waals surface area contributed by atoms with Gasteiger partial charge in [-0.05, 0) is 63.8 Å². The lowest BCUT2D eigenvalue weighted by molar-refractivity contribution is -1.03. The maximum Gasteiger partial charge on any atom is 0.214 e. The maximum atomic E-state index is 4.53. The number of nitrogens with one attached hydrogen (secondary N) is 2. The highest BCUT2D eigenvalue weighted by atomic mass is 15.6. The van der Waals surface area contributed by atoms with E-state index < -0.39 is 0 Å².